The van der Waals surface area contributed by atoms with Gasteiger partial charge in [-0.3, -0.25) is 4.79 Å². The molecule has 0 saturated carbocycles. The predicted octanol–water partition coefficient (Wildman–Crippen LogP) is 1.70. The van der Waals surface area contributed by atoms with E-state index >= 15 is 0 Å². The van der Waals surface area contributed by atoms with Crippen molar-refractivity contribution in [3.8, 4) is 0 Å². The molecule has 0 spiro atoms. The highest BCUT2D eigenvalue weighted by Crippen LogP contribution is 2.12. The molecule has 0 aromatic rings. The molecule has 1 atom stereocenters. The van der Waals surface area contributed by atoms with E-state index in [0.29, 0.717) is 13.0 Å². The Kier molecular flexibility index (Phi) is 8.64. The Morgan fingerprint density at radius 3 is 2.57 bits per heavy atom. The fourth-order valence-corrected chi connectivity index (χ4v) is 1.41. The van der Waals surface area contributed by atoms with Gasteiger partial charge in [0.2, 0.25) is 5.91 Å². The Morgan fingerprint density at radius 2 is 2.07 bits per heavy atom. The second-order valence-electron chi connectivity index (χ2n) is 3.62. The van der Waals surface area contributed by atoms with Gasteiger partial charge in [0.15, 0.2) is 0 Å². The van der Waals surface area contributed by atoms with Crippen LogP contribution < -0.4 is 5.32 Å². The van der Waals surface area contributed by atoms with Crippen molar-refractivity contribution in [3.05, 3.63) is 0 Å². The van der Waals surface area contributed by atoms with E-state index in [4.69, 9.17) is 5.11 Å². The number of aliphatic hydroxyl groups excluding tert-OH is 1. The summed E-state index contributed by atoms with van der Waals surface area (Å²) in [6.07, 6.45) is 4.80. The van der Waals surface area contributed by atoms with Crippen LogP contribution in [0.3, 0.4) is 0 Å². The standard InChI is InChI=1S/C11H23NO2/c1-3-5-7-10(4-2)11(14)12-8-6-9-13/h10,13H,3-9H2,1-2H3,(H,12,14). The van der Waals surface area contributed by atoms with E-state index in [1.54, 1.807) is 0 Å². The van der Waals surface area contributed by atoms with Gasteiger partial charge in [0.05, 0.1) is 0 Å². The van der Waals surface area contributed by atoms with E-state index in [-0.39, 0.29) is 18.4 Å². The molecule has 0 bridgehead atoms. The molecule has 0 aliphatic heterocycles. The summed E-state index contributed by atoms with van der Waals surface area (Å²) in [6.45, 7) is 4.92. The van der Waals surface area contributed by atoms with Gasteiger partial charge in [-0.25, -0.2) is 0 Å². The Hall–Kier alpha value is -0.570. The van der Waals surface area contributed by atoms with Crippen molar-refractivity contribution in [3.63, 3.8) is 0 Å². The number of amides is 1. The zero-order valence-corrected chi connectivity index (χ0v) is 9.38. The van der Waals surface area contributed by atoms with Crippen molar-refractivity contribution in [1.82, 2.24) is 5.32 Å². The molecule has 2 N–H and O–H groups in total. The van der Waals surface area contributed by atoms with Gasteiger partial charge >= 0.3 is 0 Å². The fourth-order valence-electron chi connectivity index (χ4n) is 1.41. The summed E-state index contributed by atoms with van der Waals surface area (Å²) in [4.78, 5) is 11.6. The maximum absolute atomic E-state index is 11.6. The third-order valence-corrected chi connectivity index (χ3v) is 2.40. The summed E-state index contributed by atoms with van der Waals surface area (Å²) in [5.41, 5.74) is 0. The van der Waals surface area contributed by atoms with Crippen molar-refractivity contribution in [2.24, 2.45) is 5.92 Å². The summed E-state index contributed by atoms with van der Waals surface area (Å²) in [7, 11) is 0. The molecular formula is C11H23NO2. The number of carbonyl (C=O) groups excluding carboxylic acids is 1. The zero-order valence-electron chi connectivity index (χ0n) is 9.38. The van der Waals surface area contributed by atoms with Crippen LogP contribution in [-0.2, 0) is 4.79 Å². The lowest BCUT2D eigenvalue weighted by atomic mass is 9.98. The SMILES string of the molecule is CCCCC(CC)C(=O)NCCCO. The highest BCUT2D eigenvalue weighted by molar-refractivity contribution is 5.78. The summed E-state index contributed by atoms with van der Waals surface area (Å²) in [6, 6.07) is 0. The lowest BCUT2D eigenvalue weighted by molar-refractivity contribution is -0.125. The van der Waals surface area contributed by atoms with Crippen molar-refractivity contribution < 1.29 is 9.90 Å². The van der Waals surface area contributed by atoms with E-state index in [1.165, 1.54) is 0 Å². The second-order valence-corrected chi connectivity index (χ2v) is 3.62. The van der Waals surface area contributed by atoms with Crippen LogP contribution in [0.5, 0.6) is 0 Å². The third kappa shape index (κ3) is 5.97. The summed E-state index contributed by atoms with van der Waals surface area (Å²) in [5.74, 6) is 0.308. The minimum atomic E-state index is 0.145. The fraction of sp³-hybridized carbons (Fsp3) is 0.909. The van der Waals surface area contributed by atoms with Gasteiger partial charge < -0.3 is 10.4 Å². The van der Waals surface area contributed by atoms with Crippen LogP contribution >= 0.6 is 0 Å². The van der Waals surface area contributed by atoms with E-state index in [2.05, 4.69) is 12.2 Å². The van der Waals surface area contributed by atoms with E-state index in [1.807, 2.05) is 6.92 Å². The number of rotatable bonds is 8. The summed E-state index contributed by atoms with van der Waals surface area (Å²) in [5, 5.41) is 11.4. The van der Waals surface area contributed by atoms with Crippen molar-refractivity contribution in [2.75, 3.05) is 13.2 Å². The molecule has 3 heteroatoms. The highest BCUT2D eigenvalue weighted by Gasteiger charge is 2.14. The molecule has 0 aliphatic rings. The molecule has 1 unspecified atom stereocenters. The first-order valence-electron chi connectivity index (χ1n) is 5.64. The van der Waals surface area contributed by atoms with Crippen molar-refractivity contribution in [2.45, 2.75) is 46.0 Å². The Labute approximate surface area is 86.9 Å². The lowest BCUT2D eigenvalue weighted by Crippen LogP contribution is -2.31. The Balaban J connectivity index is 3.67. The molecule has 0 aromatic carbocycles. The Bertz CT molecular complexity index is 148. The molecule has 0 fully saturated rings. The third-order valence-electron chi connectivity index (χ3n) is 2.40. The van der Waals surface area contributed by atoms with E-state index in [0.717, 1.165) is 25.7 Å². The number of hydrogen-bond acceptors (Lipinski definition) is 2. The molecular weight excluding hydrogens is 178 g/mol. The van der Waals surface area contributed by atoms with Gasteiger partial charge in [-0.05, 0) is 19.3 Å². The predicted molar refractivity (Wildman–Crippen MR) is 58.0 cm³/mol. The molecule has 1 amide bonds. The lowest BCUT2D eigenvalue weighted by Gasteiger charge is -2.13. The molecule has 0 rings (SSSR count). The topological polar surface area (TPSA) is 49.3 Å². The first kappa shape index (κ1) is 13.4. The zero-order chi connectivity index (χ0) is 10.8. The monoisotopic (exact) mass is 201 g/mol. The molecule has 3 nitrogen and oxygen atoms in total. The van der Waals surface area contributed by atoms with Crippen molar-refractivity contribution >= 4 is 5.91 Å². The normalized spacial score (nSPS) is 12.5. The molecule has 84 valence electrons. The van der Waals surface area contributed by atoms with Gasteiger partial charge in [-0.1, -0.05) is 26.7 Å². The summed E-state index contributed by atoms with van der Waals surface area (Å²) >= 11 is 0. The first-order valence-corrected chi connectivity index (χ1v) is 5.64. The van der Waals surface area contributed by atoms with E-state index < -0.39 is 0 Å². The van der Waals surface area contributed by atoms with Gasteiger partial charge in [0.25, 0.3) is 0 Å². The van der Waals surface area contributed by atoms with Crippen LogP contribution in [0.25, 0.3) is 0 Å². The molecule has 0 aromatic heterocycles. The first-order chi connectivity index (χ1) is 6.76. The van der Waals surface area contributed by atoms with Crippen LogP contribution in [0, 0.1) is 5.92 Å². The maximum atomic E-state index is 11.6. The number of nitrogens with one attached hydrogen (secondary N) is 1. The smallest absolute Gasteiger partial charge is 0.223 e. The van der Waals surface area contributed by atoms with Crippen molar-refractivity contribution in [1.29, 1.82) is 0 Å². The second kappa shape index (κ2) is 9.00. The number of aliphatic hydroxyl groups is 1. The Morgan fingerprint density at radius 1 is 1.36 bits per heavy atom. The van der Waals surface area contributed by atoms with Gasteiger partial charge in [0, 0.05) is 19.1 Å². The minimum Gasteiger partial charge on any atom is -0.396 e. The average molecular weight is 201 g/mol. The quantitative estimate of drug-likeness (QED) is 0.587. The minimum absolute atomic E-state index is 0.145. The van der Waals surface area contributed by atoms with Crippen LogP contribution in [0.2, 0.25) is 0 Å². The van der Waals surface area contributed by atoms with E-state index in [9.17, 15) is 4.79 Å². The maximum Gasteiger partial charge on any atom is 0.223 e. The average Bonchev–Trinajstić information content (AvgIpc) is 2.19. The molecule has 14 heavy (non-hydrogen) atoms. The summed E-state index contributed by atoms with van der Waals surface area (Å²) < 4.78 is 0. The molecule has 0 heterocycles. The molecule has 0 radical (unpaired) electrons. The molecule has 0 aliphatic carbocycles. The molecule has 0 saturated heterocycles. The number of hydrogen-bond donors (Lipinski definition) is 2. The van der Waals surface area contributed by atoms with Gasteiger partial charge in [0.1, 0.15) is 0 Å². The van der Waals surface area contributed by atoms with Gasteiger partial charge in [-0.15, -0.1) is 0 Å². The largest absolute Gasteiger partial charge is 0.396 e. The van der Waals surface area contributed by atoms with Crippen LogP contribution in [-0.4, -0.2) is 24.2 Å². The number of unbranched alkanes of at least 4 members (excludes halogenated alkanes) is 1. The van der Waals surface area contributed by atoms with Crippen LogP contribution in [0.15, 0.2) is 0 Å². The number of carbonyl (C=O) groups is 1. The van der Waals surface area contributed by atoms with Crippen LogP contribution in [0.1, 0.15) is 46.0 Å². The van der Waals surface area contributed by atoms with Gasteiger partial charge in [-0.2, -0.15) is 0 Å². The van der Waals surface area contributed by atoms with Crippen LogP contribution in [0.4, 0.5) is 0 Å². The highest BCUT2D eigenvalue weighted by atomic mass is 16.3.